The Balaban J connectivity index is 2.08. The van der Waals surface area contributed by atoms with E-state index in [0.717, 1.165) is 17.0 Å². The van der Waals surface area contributed by atoms with E-state index >= 15 is 0 Å². The summed E-state index contributed by atoms with van der Waals surface area (Å²) in [5.41, 5.74) is 0.514. The van der Waals surface area contributed by atoms with E-state index in [4.69, 9.17) is 9.15 Å². The lowest BCUT2D eigenvalue weighted by Crippen LogP contribution is -2.30. The molecule has 3 rings (SSSR count). The van der Waals surface area contributed by atoms with Crippen LogP contribution in [0.5, 0.6) is 11.5 Å². The van der Waals surface area contributed by atoms with Crippen molar-refractivity contribution in [3.05, 3.63) is 68.1 Å². The van der Waals surface area contributed by atoms with E-state index in [1.807, 2.05) is 0 Å². The number of hydrogen-bond acceptors (Lipinski definition) is 7. The zero-order valence-electron chi connectivity index (χ0n) is 16.8. The maximum atomic E-state index is 12.3. The molecule has 30 heavy (non-hydrogen) atoms. The average molecular weight is 432 g/mol. The molecule has 1 N–H and O–H groups in total. The number of benzene rings is 2. The van der Waals surface area contributed by atoms with Crippen molar-refractivity contribution in [3.63, 3.8) is 0 Å². The van der Waals surface area contributed by atoms with Gasteiger partial charge in [-0.05, 0) is 57.5 Å². The molecule has 0 saturated heterocycles. The number of rotatable bonds is 6. The summed E-state index contributed by atoms with van der Waals surface area (Å²) in [6.45, 7) is 6.73. The van der Waals surface area contributed by atoms with Gasteiger partial charge in [-0.3, -0.25) is 10.1 Å². The van der Waals surface area contributed by atoms with E-state index in [1.54, 1.807) is 39.8 Å². The molecule has 9 nitrogen and oxygen atoms in total. The van der Waals surface area contributed by atoms with Crippen LogP contribution in [-0.2, 0) is 10.0 Å². The summed E-state index contributed by atoms with van der Waals surface area (Å²) in [4.78, 5) is 22.3. The molecule has 0 aliphatic rings. The first kappa shape index (κ1) is 21.5. The number of sulfonamides is 1. The number of aryl methyl sites for hydroxylation is 2. The highest BCUT2D eigenvalue weighted by Gasteiger charge is 2.24. The van der Waals surface area contributed by atoms with Crippen molar-refractivity contribution in [2.75, 3.05) is 0 Å². The van der Waals surface area contributed by atoms with Crippen LogP contribution in [0.15, 0.2) is 50.5 Å². The highest BCUT2D eigenvalue weighted by molar-refractivity contribution is 7.89. The van der Waals surface area contributed by atoms with Crippen molar-refractivity contribution in [1.82, 2.24) is 4.72 Å². The Morgan fingerprint density at radius 3 is 2.40 bits per heavy atom. The number of nitrogens with one attached hydrogen (secondary N) is 1. The van der Waals surface area contributed by atoms with Crippen LogP contribution in [0.2, 0.25) is 0 Å². The van der Waals surface area contributed by atoms with E-state index in [2.05, 4.69) is 4.72 Å². The lowest BCUT2D eigenvalue weighted by atomic mass is 10.1. The second-order valence-corrected chi connectivity index (χ2v) is 8.79. The van der Waals surface area contributed by atoms with Gasteiger partial charge in [-0.25, -0.2) is 17.9 Å². The van der Waals surface area contributed by atoms with E-state index in [1.165, 1.54) is 18.2 Å². The van der Waals surface area contributed by atoms with Crippen LogP contribution in [0.3, 0.4) is 0 Å². The van der Waals surface area contributed by atoms with E-state index in [0.29, 0.717) is 11.1 Å². The lowest BCUT2D eigenvalue weighted by molar-refractivity contribution is -0.385. The monoisotopic (exact) mass is 432 g/mol. The van der Waals surface area contributed by atoms with Gasteiger partial charge in [0.2, 0.25) is 15.8 Å². The Hall–Kier alpha value is -3.24. The smallest absolute Gasteiger partial charge is 0.336 e. The molecule has 0 spiro atoms. The standard InChI is InChI=1S/C20H20N2O7S/c1-11(2)21-30(26,27)14-5-7-18(16(10-14)22(24)25)28-17-8-6-15-12(3)9-19(23)29-20(15)13(17)4/h5-11,21H,1-4H3. The van der Waals surface area contributed by atoms with Crippen molar-refractivity contribution in [2.24, 2.45) is 0 Å². The van der Waals surface area contributed by atoms with Gasteiger partial charge in [0.05, 0.1) is 9.82 Å². The predicted octanol–water partition coefficient (Wildman–Crippen LogP) is 3.80. The fraction of sp³-hybridized carbons (Fsp3) is 0.250. The number of fused-ring (bicyclic) bond motifs is 1. The minimum absolute atomic E-state index is 0.138. The topological polar surface area (TPSA) is 129 Å². The number of nitrogens with zero attached hydrogens (tertiary/aromatic N) is 1. The molecule has 10 heteroatoms. The fourth-order valence-electron chi connectivity index (χ4n) is 3.00. The van der Waals surface area contributed by atoms with Crippen molar-refractivity contribution in [1.29, 1.82) is 0 Å². The normalized spacial score (nSPS) is 11.8. The Labute approximate surface area is 172 Å². The lowest BCUT2D eigenvalue weighted by Gasteiger charge is -2.13. The van der Waals surface area contributed by atoms with Gasteiger partial charge in [-0.2, -0.15) is 0 Å². The molecule has 158 valence electrons. The van der Waals surface area contributed by atoms with Crippen LogP contribution < -0.4 is 15.1 Å². The van der Waals surface area contributed by atoms with Crippen molar-refractivity contribution in [3.8, 4) is 11.5 Å². The summed E-state index contributed by atoms with van der Waals surface area (Å²) >= 11 is 0. The quantitative estimate of drug-likeness (QED) is 0.356. The number of ether oxygens (including phenoxy) is 1. The molecule has 0 radical (unpaired) electrons. The van der Waals surface area contributed by atoms with Gasteiger partial charge in [-0.15, -0.1) is 0 Å². The first-order valence-electron chi connectivity index (χ1n) is 9.02. The SMILES string of the molecule is Cc1cc(=O)oc2c(C)c(Oc3ccc(S(=O)(=O)NC(C)C)cc3[N+](=O)[O-])ccc12. The Kier molecular flexibility index (Phi) is 5.64. The highest BCUT2D eigenvalue weighted by atomic mass is 32.2. The first-order valence-corrected chi connectivity index (χ1v) is 10.5. The third kappa shape index (κ3) is 4.19. The van der Waals surface area contributed by atoms with Gasteiger partial charge in [0, 0.05) is 29.1 Å². The number of hydrogen-bond donors (Lipinski definition) is 1. The summed E-state index contributed by atoms with van der Waals surface area (Å²) < 4.78 is 38.0. The summed E-state index contributed by atoms with van der Waals surface area (Å²) in [5, 5.41) is 12.3. The van der Waals surface area contributed by atoms with Gasteiger partial charge >= 0.3 is 11.3 Å². The molecule has 0 aliphatic heterocycles. The molecule has 0 unspecified atom stereocenters. The molecular weight excluding hydrogens is 412 g/mol. The minimum Gasteiger partial charge on any atom is -0.450 e. The Morgan fingerprint density at radius 2 is 1.77 bits per heavy atom. The van der Waals surface area contributed by atoms with Crippen molar-refractivity contribution in [2.45, 2.75) is 38.6 Å². The first-order chi connectivity index (χ1) is 14.0. The van der Waals surface area contributed by atoms with Gasteiger partial charge in [-0.1, -0.05) is 0 Å². The van der Waals surface area contributed by atoms with Crippen LogP contribution in [0, 0.1) is 24.0 Å². The summed E-state index contributed by atoms with van der Waals surface area (Å²) in [5.74, 6) is 0.108. The third-order valence-electron chi connectivity index (χ3n) is 4.37. The number of nitro benzene ring substituents is 1. The third-order valence-corrected chi connectivity index (χ3v) is 6.02. The molecule has 1 aromatic heterocycles. The average Bonchev–Trinajstić information content (AvgIpc) is 2.63. The zero-order valence-corrected chi connectivity index (χ0v) is 17.6. The molecular formula is C20H20N2O7S. The minimum atomic E-state index is -3.91. The van der Waals surface area contributed by atoms with Crippen LogP contribution >= 0.6 is 0 Å². The van der Waals surface area contributed by atoms with Crippen LogP contribution in [-0.4, -0.2) is 19.4 Å². The van der Waals surface area contributed by atoms with Crippen LogP contribution in [0.25, 0.3) is 11.0 Å². The predicted molar refractivity (Wildman–Crippen MR) is 111 cm³/mol. The summed E-state index contributed by atoms with van der Waals surface area (Å²) in [6.07, 6.45) is 0. The van der Waals surface area contributed by atoms with Crippen molar-refractivity contribution < 1.29 is 22.5 Å². The molecule has 0 fully saturated rings. The highest BCUT2D eigenvalue weighted by Crippen LogP contribution is 2.36. The molecule has 1 heterocycles. The molecule has 0 bridgehead atoms. The molecule has 0 aliphatic carbocycles. The van der Waals surface area contributed by atoms with Gasteiger partial charge < -0.3 is 9.15 Å². The largest absolute Gasteiger partial charge is 0.450 e. The number of nitro groups is 1. The maximum absolute atomic E-state index is 12.3. The van der Waals surface area contributed by atoms with Gasteiger partial charge in [0.1, 0.15) is 11.3 Å². The summed E-state index contributed by atoms with van der Waals surface area (Å²) in [6, 6.07) is 7.70. The molecule has 0 saturated carbocycles. The van der Waals surface area contributed by atoms with Crippen LogP contribution in [0.1, 0.15) is 25.0 Å². The Morgan fingerprint density at radius 1 is 1.10 bits per heavy atom. The second-order valence-electron chi connectivity index (χ2n) is 7.08. The van der Waals surface area contributed by atoms with E-state index < -0.39 is 26.3 Å². The Bertz CT molecular complexity index is 1310. The van der Waals surface area contributed by atoms with Crippen molar-refractivity contribution >= 4 is 26.7 Å². The maximum Gasteiger partial charge on any atom is 0.336 e. The second kappa shape index (κ2) is 7.88. The van der Waals surface area contributed by atoms with E-state index in [9.17, 15) is 23.3 Å². The summed E-state index contributed by atoms with van der Waals surface area (Å²) in [7, 11) is -3.91. The van der Waals surface area contributed by atoms with Gasteiger partial charge in [0.15, 0.2) is 0 Å². The van der Waals surface area contributed by atoms with Crippen LogP contribution in [0.4, 0.5) is 5.69 Å². The van der Waals surface area contributed by atoms with Gasteiger partial charge in [0.25, 0.3) is 0 Å². The molecule has 0 amide bonds. The van der Waals surface area contributed by atoms with E-state index in [-0.39, 0.29) is 22.4 Å². The fourth-order valence-corrected chi connectivity index (χ4v) is 4.27. The molecule has 0 atom stereocenters. The molecule has 3 aromatic rings. The molecule has 2 aromatic carbocycles. The zero-order chi connectivity index (χ0) is 22.2.